The summed E-state index contributed by atoms with van der Waals surface area (Å²) in [6.07, 6.45) is 2.39. The molecule has 26 heavy (non-hydrogen) atoms. The van der Waals surface area contributed by atoms with E-state index in [0.29, 0.717) is 0 Å². The van der Waals surface area contributed by atoms with Gasteiger partial charge < -0.3 is 0 Å². The molecule has 2 aliphatic heterocycles. The van der Waals surface area contributed by atoms with E-state index in [4.69, 9.17) is 0 Å². The molecule has 2 aromatic rings. The van der Waals surface area contributed by atoms with Crippen molar-refractivity contribution in [3.05, 3.63) is 69.0 Å². The van der Waals surface area contributed by atoms with E-state index < -0.39 is 15.9 Å². The minimum atomic E-state index is -1.05. The van der Waals surface area contributed by atoms with Crippen LogP contribution in [0.1, 0.15) is 5.56 Å². The zero-order chi connectivity index (χ0) is 18.6. The Morgan fingerprint density at radius 3 is 2.46 bits per heavy atom. The molecule has 1 unspecified atom stereocenters. The smallest absolute Gasteiger partial charge is 0.276 e. The summed E-state index contributed by atoms with van der Waals surface area (Å²) < 4.78 is 1.03. The molecule has 1 aromatic carbocycles. The number of hydrogen-bond donors (Lipinski definition) is 1. The van der Waals surface area contributed by atoms with Crippen LogP contribution >= 0.6 is 0 Å². The molecule has 0 spiro atoms. The normalized spacial score (nSPS) is 20.8. The highest BCUT2D eigenvalue weighted by atomic mass is 16.6. The quantitative estimate of drug-likeness (QED) is 0.787. The summed E-state index contributed by atoms with van der Waals surface area (Å²) in [6.45, 7) is 0.172. The van der Waals surface area contributed by atoms with Crippen molar-refractivity contribution in [1.82, 2.24) is 18.7 Å². The number of carbonyl (C=O) groups excluding carboxylic acids is 1. The van der Waals surface area contributed by atoms with E-state index in [1.165, 1.54) is 35.8 Å². The molecule has 0 bridgehead atoms. The molecule has 1 atom stereocenters. The van der Waals surface area contributed by atoms with Gasteiger partial charge in [-0.05, 0) is 5.56 Å². The molecule has 1 aromatic heterocycles. The van der Waals surface area contributed by atoms with Gasteiger partial charge in [-0.15, -0.1) is 0 Å². The molecule has 1 N–H and O–H groups in total. The van der Waals surface area contributed by atoms with Gasteiger partial charge in [0.15, 0.2) is 0 Å². The summed E-state index contributed by atoms with van der Waals surface area (Å²) in [5.74, 6) is -0.368. The molecular weight excluding hydrogens is 338 g/mol. The fraction of sp³-hybridized carbons (Fsp3) is 0.176. The van der Waals surface area contributed by atoms with Crippen molar-refractivity contribution in [2.45, 2.75) is 6.54 Å². The average molecular weight is 354 g/mol. The molecule has 9 nitrogen and oxygen atoms in total. The molecule has 0 radical (unpaired) electrons. The molecule has 132 valence electrons. The fourth-order valence-electron chi connectivity index (χ4n) is 3.17. The predicted octanol–water partition coefficient (Wildman–Crippen LogP) is 0.338. The van der Waals surface area contributed by atoms with Crippen molar-refractivity contribution < 1.29 is 10.0 Å². The molecule has 3 heterocycles. The van der Waals surface area contributed by atoms with Crippen molar-refractivity contribution in [3.8, 4) is 0 Å². The Bertz CT molecular complexity index is 1110. The monoisotopic (exact) mass is 354 g/mol. The van der Waals surface area contributed by atoms with Gasteiger partial charge in [-0.2, -0.15) is 10.2 Å². The highest BCUT2D eigenvalue weighted by Crippen LogP contribution is 2.38. The third-order valence-corrected chi connectivity index (χ3v) is 4.59. The van der Waals surface area contributed by atoms with Gasteiger partial charge in [0, 0.05) is 14.1 Å². The molecular formula is C17H16N5O4+. The first-order valence-electron chi connectivity index (χ1n) is 7.90. The number of aromatic nitrogens is 2. The molecule has 4 rings (SSSR count). The van der Waals surface area contributed by atoms with Crippen molar-refractivity contribution in [2.24, 2.45) is 19.1 Å². The zero-order valence-electron chi connectivity index (χ0n) is 14.2. The number of rotatable bonds is 2. The van der Waals surface area contributed by atoms with Gasteiger partial charge in [-0.25, -0.2) is 9.69 Å². The van der Waals surface area contributed by atoms with Gasteiger partial charge in [-0.3, -0.25) is 18.7 Å². The topological polar surface area (TPSA) is 96.9 Å². The minimum Gasteiger partial charge on any atom is -0.276 e. The number of aliphatic imine (C=N–C) groups is 1. The SMILES string of the molecule is Cn1c2c(c(=O)n(C)c1=O)[N+]1(O)C=CC(=O)N(Cc3ccccc3)C1=N2. The number of benzene rings is 1. The lowest BCUT2D eigenvalue weighted by atomic mass is 10.2. The number of hydrogen-bond acceptors (Lipinski definition) is 5. The standard InChI is InChI=1S/C17H16N5O4/c1-19-14-13(15(24)20(2)17(19)25)22(26)9-8-12(23)21(16(22)18-14)10-11-6-4-3-5-7-11/h3-9,26H,10H2,1-2H3/q+1. The molecule has 1 amide bonds. The van der Waals surface area contributed by atoms with Crippen LogP contribution in [0.3, 0.4) is 0 Å². The second kappa shape index (κ2) is 5.35. The van der Waals surface area contributed by atoms with Crippen LogP contribution in [-0.2, 0) is 25.4 Å². The maximum absolute atomic E-state index is 12.6. The largest absolute Gasteiger partial charge is 0.358 e. The van der Waals surface area contributed by atoms with E-state index in [1.807, 2.05) is 30.3 Å². The summed E-state index contributed by atoms with van der Waals surface area (Å²) in [6, 6.07) is 9.22. The number of nitrogens with zero attached hydrogens (tertiary/aromatic N) is 5. The Balaban J connectivity index is 1.92. The van der Waals surface area contributed by atoms with Crippen LogP contribution < -0.4 is 15.9 Å². The molecule has 0 saturated heterocycles. The third kappa shape index (κ3) is 2.04. The van der Waals surface area contributed by atoms with Crippen LogP contribution in [0, 0.1) is 0 Å². The van der Waals surface area contributed by atoms with E-state index in [-0.39, 0.29) is 29.9 Å². The number of guanidine groups is 1. The van der Waals surface area contributed by atoms with Gasteiger partial charge in [-0.1, -0.05) is 35.0 Å². The Morgan fingerprint density at radius 2 is 1.77 bits per heavy atom. The number of fused-ring (bicyclic) bond motifs is 3. The average Bonchev–Trinajstić information content (AvgIpc) is 2.95. The Labute approximate surface area is 147 Å². The summed E-state index contributed by atoms with van der Waals surface area (Å²) in [5.41, 5.74) is -0.480. The summed E-state index contributed by atoms with van der Waals surface area (Å²) in [7, 11) is 2.79. The number of amides is 1. The lowest BCUT2D eigenvalue weighted by Gasteiger charge is -2.30. The Morgan fingerprint density at radius 1 is 1.08 bits per heavy atom. The van der Waals surface area contributed by atoms with Crippen LogP contribution in [0.15, 0.2) is 57.2 Å². The van der Waals surface area contributed by atoms with Crippen molar-refractivity contribution >= 4 is 23.4 Å². The van der Waals surface area contributed by atoms with Gasteiger partial charge in [0.05, 0.1) is 12.6 Å². The van der Waals surface area contributed by atoms with Crippen LogP contribution in [0.2, 0.25) is 0 Å². The first kappa shape index (κ1) is 16.2. The van der Waals surface area contributed by atoms with Crippen molar-refractivity contribution in [3.63, 3.8) is 0 Å². The van der Waals surface area contributed by atoms with Crippen LogP contribution in [-0.4, -0.2) is 31.1 Å². The van der Waals surface area contributed by atoms with Crippen molar-refractivity contribution in [2.75, 3.05) is 0 Å². The Kier molecular flexibility index (Phi) is 3.33. The highest BCUT2D eigenvalue weighted by Gasteiger charge is 2.53. The Hall–Kier alpha value is -3.30. The molecule has 0 fully saturated rings. The number of quaternary nitrogens is 1. The zero-order valence-corrected chi connectivity index (χ0v) is 14.2. The second-order valence-electron chi connectivity index (χ2n) is 6.20. The molecule has 2 aliphatic rings. The summed E-state index contributed by atoms with van der Waals surface area (Å²) in [5, 5.41) is 11.1. The summed E-state index contributed by atoms with van der Waals surface area (Å²) in [4.78, 5) is 42.8. The van der Waals surface area contributed by atoms with Crippen molar-refractivity contribution in [1.29, 1.82) is 0 Å². The van der Waals surface area contributed by atoms with E-state index in [2.05, 4.69) is 4.99 Å². The van der Waals surface area contributed by atoms with Gasteiger partial charge >= 0.3 is 17.2 Å². The minimum absolute atomic E-state index is 0.0327. The van der Waals surface area contributed by atoms with E-state index in [0.717, 1.165) is 10.1 Å². The van der Waals surface area contributed by atoms with E-state index in [1.54, 1.807) is 0 Å². The lowest BCUT2D eigenvalue weighted by Crippen LogP contribution is -2.59. The van der Waals surface area contributed by atoms with Crippen LogP contribution in [0.5, 0.6) is 0 Å². The second-order valence-corrected chi connectivity index (χ2v) is 6.20. The molecule has 0 aliphatic carbocycles. The highest BCUT2D eigenvalue weighted by molar-refractivity contribution is 6.12. The van der Waals surface area contributed by atoms with Crippen LogP contribution in [0.4, 0.5) is 11.5 Å². The predicted molar refractivity (Wildman–Crippen MR) is 93.7 cm³/mol. The van der Waals surface area contributed by atoms with E-state index >= 15 is 0 Å². The van der Waals surface area contributed by atoms with Gasteiger partial charge in [0.25, 0.3) is 11.6 Å². The maximum atomic E-state index is 12.6. The van der Waals surface area contributed by atoms with Gasteiger partial charge in [0.2, 0.25) is 5.82 Å². The third-order valence-electron chi connectivity index (χ3n) is 4.59. The fourth-order valence-corrected chi connectivity index (χ4v) is 3.17. The number of carbonyl (C=O) groups is 1. The van der Waals surface area contributed by atoms with Gasteiger partial charge in [0.1, 0.15) is 6.20 Å². The first-order valence-corrected chi connectivity index (χ1v) is 7.90. The van der Waals surface area contributed by atoms with E-state index in [9.17, 15) is 19.6 Å². The first-order chi connectivity index (χ1) is 12.3. The van der Waals surface area contributed by atoms with Crippen LogP contribution in [0.25, 0.3) is 0 Å². The molecule has 0 saturated carbocycles. The summed E-state index contributed by atoms with van der Waals surface area (Å²) >= 11 is 0. The maximum Gasteiger partial charge on any atom is 0.358 e. The molecule has 9 heteroatoms. The number of hydroxylamine groups is 2. The lowest BCUT2D eigenvalue weighted by molar-refractivity contribution is -0.125.